The van der Waals surface area contributed by atoms with Crippen LogP contribution in [0.2, 0.25) is 0 Å². The van der Waals surface area contributed by atoms with E-state index in [-0.39, 0.29) is 5.97 Å². The molecule has 11 heavy (non-hydrogen) atoms. The van der Waals surface area contributed by atoms with E-state index in [1.54, 1.807) is 6.92 Å². The number of esters is 1. The number of carbonyl (C=O) groups is 2. The SMILES string of the molecule is C=CC(N)=O.CCOC(C)=O. The molecule has 0 unspecified atom stereocenters. The summed E-state index contributed by atoms with van der Waals surface area (Å²) in [6, 6.07) is 0. The molecule has 0 rings (SSSR count). The van der Waals surface area contributed by atoms with Gasteiger partial charge in [0.15, 0.2) is 0 Å². The molecule has 0 spiro atoms. The fraction of sp³-hybridized carbons (Fsp3) is 0.429. The fourth-order valence-corrected chi connectivity index (χ4v) is 0.203. The van der Waals surface area contributed by atoms with E-state index in [0.717, 1.165) is 6.08 Å². The van der Waals surface area contributed by atoms with Crippen molar-refractivity contribution in [3.8, 4) is 0 Å². The first-order chi connectivity index (χ1) is 5.04. The van der Waals surface area contributed by atoms with E-state index >= 15 is 0 Å². The molecule has 0 aliphatic carbocycles. The lowest BCUT2D eigenvalue weighted by Gasteiger charge is -1.89. The molecule has 0 aliphatic heterocycles. The summed E-state index contributed by atoms with van der Waals surface area (Å²) in [5.74, 6) is -0.692. The van der Waals surface area contributed by atoms with Gasteiger partial charge in [-0.25, -0.2) is 0 Å². The van der Waals surface area contributed by atoms with Gasteiger partial charge in [-0.3, -0.25) is 9.59 Å². The van der Waals surface area contributed by atoms with Crippen LogP contribution in [0, 0.1) is 0 Å². The maximum absolute atomic E-state index is 9.82. The minimum absolute atomic E-state index is 0.211. The number of hydrogen-bond donors (Lipinski definition) is 1. The number of rotatable bonds is 2. The molecule has 4 heteroatoms. The smallest absolute Gasteiger partial charge is 0.302 e. The van der Waals surface area contributed by atoms with Crippen molar-refractivity contribution in [3.05, 3.63) is 12.7 Å². The molecule has 0 aliphatic rings. The largest absolute Gasteiger partial charge is 0.466 e. The Balaban J connectivity index is 0. The predicted octanol–water partition coefficient (Wildman–Crippen LogP) is 0.227. The summed E-state index contributed by atoms with van der Waals surface area (Å²) >= 11 is 0. The summed E-state index contributed by atoms with van der Waals surface area (Å²) in [5, 5.41) is 0. The van der Waals surface area contributed by atoms with Crippen molar-refractivity contribution in [3.63, 3.8) is 0 Å². The van der Waals surface area contributed by atoms with E-state index in [4.69, 9.17) is 0 Å². The van der Waals surface area contributed by atoms with Crippen LogP contribution >= 0.6 is 0 Å². The number of nitrogens with two attached hydrogens (primary N) is 1. The molecule has 0 radical (unpaired) electrons. The van der Waals surface area contributed by atoms with Gasteiger partial charge in [0.2, 0.25) is 5.91 Å². The number of carbonyl (C=O) groups excluding carboxylic acids is 2. The Morgan fingerprint density at radius 3 is 2.00 bits per heavy atom. The Morgan fingerprint density at radius 2 is 2.00 bits per heavy atom. The first kappa shape index (κ1) is 12.4. The first-order valence-electron chi connectivity index (χ1n) is 3.09. The zero-order valence-corrected chi connectivity index (χ0v) is 6.79. The molecule has 1 amide bonds. The van der Waals surface area contributed by atoms with Gasteiger partial charge < -0.3 is 10.5 Å². The summed E-state index contributed by atoms with van der Waals surface area (Å²) in [7, 11) is 0. The molecule has 0 saturated heterocycles. The highest BCUT2D eigenvalue weighted by atomic mass is 16.5. The molecule has 0 aromatic rings. The van der Waals surface area contributed by atoms with Crippen molar-refractivity contribution in [2.45, 2.75) is 13.8 Å². The summed E-state index contributed by atoms with van der Waals surface area (Å²) < 4.78 is 4.40. The van der Waals surface area contributed by atoms with E-state index < -0.39 is 5.91 Å². The topological polar surface area (TPSA) is 69.4 Å². The molecule has 64 valence electrons. The lowest BCUT2D eigenvalue weighted by molar-refractivity contribution is -0.140. The standard InChI is InChI=1S/C4H8O2.C3H5NO/c1-3-6-4(2)5;1-2-3(4)5/h3H2,1-2H3;2H,1H2,(H2,4,5). The minimum atomic E-state index is -0.481. The number of hydrogen-bond acceptors (Lipinski definition) is 3. The van der Waals surface area contributed by atoms with Gasteiger partial charge in [0, 0.05) is 6.92 Å². The van der Waals surface area contributed by atoms with Gasteiger partial charge in [0.25, 0.3) is 0 Å². The van der Waals surface area contributed by atoms with Crippen molar-refractivity contribution < 1.29 is 14.3 Å². The summed E-state index contributed by atoms with van der Waals surface area (Å²) in [5.41, 5.74) is 4.53. The molecule has 0 atom stereocenters. The summed E-state index contributed by atoms with van der Waals surface area (Å²) in [6.07, 6.45) is 1.06. The van der Waals surface area contributed by atoms with Gasteiger partial charge in [-0.05, 0) is 13.0 Å². The Morgan fingerprint density at radius 1 is 1.64 bits per heavy atom. The molecule has 4 nitrogen and oxygen atoms in total. The van der Waals surface area contributed by atoms with Gasteiger partial charge in [-0.1, -0.05) is 6.58 Å². The maximum atomic E-state index is 9.82. The van der Waals surface area contributed by atoms with E-state index in [1.165, 1.54) is 6.92 Å². The number of primary amides is 1. The van der Waals surface area contributed by atoms with Crippen molar-refractivity contribution in [1.29, 1.82) is 0 Å². The van der Waals surface area contributed by atoms with Crippen LogP contribution in [0.4, 0.5) is 0 Å². The van der Waals surface area contributed by atoms with Crippen LogP contribution in [-0.4, -0.2) is 18.5 Å². The van der Waals surface area contributed by atoms with E-state index in [1.807, 2.05) is 0 Å². The Hall–Kier alpha value is -1.32. The monoisotopic (exact) mass is 159 g/mol. The Bertz CT molecular complexity index is 143. The molecule has 0 bridgehead atoms. The average Bonchev–Trinajstić information content (AvgIpc) is 1.89. The zero-order valence-electron chi connectivity index (χ0n) is 6.79. The quantitative estimate of drug-likeness (QED) is 0.463. The highest BCUT2D eigenvalue weighted by molar-refractivity contribution is 5.84. The van der Waals surface area contributed by atoms with Crippen LogP contribution in [0.5, 0.6) is 0 Å². The van der Waals surface area contributed by atoms with Crippen molar-refractivity contribution >= 4 is 11.9 Å². The third kappa shape index (κ3) is 28.6. The lowest BCUT2D eigenvalue weighted by atomic mass is 10.6. The summed E-state index contributed by atoms with van der Waals surface area (Å²) in [6.45, 7) is 6.74. The average molecular weight is 159 g/mol. The van der Waals surface area contributed by atoms with Crippen LogP contribution in [0.1, 0.15) is 13.8 Å². The second-order valence-corrected chi connectivity index (χ2v) is 1.53. The molecule has 0 fully saturated rings. The fourth-order valence-electron chi connectivity index (χ4n) is 0.203. The van der Waals surface area contributed by atoms with E-state index in [0.29, 0.717) is 6.61 Å². The molecule has 0 heterocycles. The Kier molecular flexibility index (Phi) is 9.76. The molecular formula is C7H13NO3. The van der Waals surface area contributed by atoms with Crippen molar-refractivity contribution in [2.24, 2.45) is 5.73 Å². The predicted molar refractivity (Wildman–Crippen MR) is 41.7 cm³/mol. The number of amides is 1. The van der Waals surface area contributed by atoms with Crippen LogP contribution in [0.3, 0.4) is 0 Å². The second-order valence-electron chi connectivity index (χ2n) is 1.53. The van der Waals surface area contributed by atoms with Crippen molar-refractivity contribution in [1.82, 2.24) is 0 Å². The highest BCUT2D eigenvalue weighted by Gasteiger charge is 1.81. The van der Waals surface area contributed by atoms with Gasteiger partial charge in [0.1, 0.15) is 0 Å². The molecule has 0 aromatic heterocycles. The van der Waals surface area contributed by atoms with E-state index in [2.05, 4.69) is 17.0 Å². The summed E-state index contributed by atoms with van der Waals surface area (Å²) in [4.78, 5) is 19.3. The zero-order chi connectivity index (χ0) is 9.28. The second kappa shape index (κ2) is 8.68. The molecule has 2 N–H and O–H groups in total. The van der Waals surface area contributed by atoms with Crippen LogP contribution in [-0.2, 0) is 14.3 Å². The van der Waals surface area contributed by atoms with E-state index in [9.17, 15) is 9.59 Å². The molecular weight excluding hydrogens is 146 g/mol. The van der Waals surface area contributed by atoms with Gasteiger partial charge >= 0.3 is 5.97 Å². The molecule has 0 aromatic carbocycles. The molecule has 0 saturated carbocycles. The first-order valence-corrected chi connectivity index (χ1v) is 3.09. The Labute approximate surface area is 66.0 Å². The normalized spacial score (nSPS) is 7.09. The number of ether oxygens (including phenoxy) is 1. The van der Waals surface area contributed by atoms with Gasteiger partial charge in [0.05, 0.1) is 6.61 Å². The van der Waals surface area contributed by atoms with Crippen molar-refractivity contribution in [2.75, 3.05) is 6.61 Å². The maximum Gasteiger partial charge on any atom is 0.302 e. The third-order valence-corrected chi connectivity index (χ3v) is 0.549. The minimum Gasteiger partial charge on any atom is -0.466 e. The van der Waals surface area contributed by atoms with Crippen LogP contribution < -0.4 is 5.73 Å². The van der Waals surface area contributed by atoms with Gasteiger partial charge in [-0.15, -0.1) is 0 Å². The van der Waals surface area contributed by atoms with Crippen LogP contribution in [0.25, 0.3) is 0 Å². The van der Waals surface area contributed by atoms with Crippen LogP contribution in [0.15, 0.2) is 12.7 Å². The lowest BCUT2D eigenvalue weighted by Crippen LogP contribution is -2.04. The highest BCUT2D eigenvalue weighted by Crippen LogP contribution is 1.69. The van der Waals surface area contributed by atoms with Gasteiger partial charge in [-0.2, -0.15) is 0 Å². The third-order valence-electron chi connectivity index (χ3n) is 0.549.